The molecular weight excluding hydrogens is 322 g/mol. The molecule has 0 radical (unpaired) electrons. The van der Waals surface area contributed by atoms with Crippen LogP contribution in [0.25, 0.3) is 10.9 Å². The Kier molecular flexibility index (Phi) is 3.76. The summed E-state index contributed by atoms with van der Waals surface area (Å²) >= 11 is 1.16. The van der Waals surface area contributed by atoms with Gasteiger partial charge >= 0.3 is 5.97 Å². The molecule has 3 aromatic rings. The van der Waals surface area contributed by atoms with Gasteiger partial charge in [0.15, 0.2) is 0 Å². The number of aryl methyl sites for hydroxylation is 1. The SMILES string of the molecule is O=C(O)CCc1cn(S(=O)(=O)c2cccs2)c2ccccc12. The Morgan fingerprint density at radius 1 is 1.18 bits per heavy atom. The van der Waals surface area contributed by atoms with Crippen molar-refractivity contribution >= 4 is 38.2 Å². The predicted octanol–water partition coefficient (Wildman–Crippen LogP) is 2.96. The van der Waals surface area contributed by atoms with Crippen molar-refractivity contribution < 1.29 is 18.3 Å². The molecule has 0 amide bonds. The molecule has 0 aliphatic carbocycles. The Labute approximate surface area is 131 Å². The van der Waals surface area contributed by atoms with Crippen LogP contribution in [-0.4, -0.2) is 23.5 Å². The maximum atomic E-state index is 12.7. The third-order valence-electron chi connectivity index (χ3n) is 3.38. The number of carbonyl (C=O) groups is 1. The highest BCUT2D eigenvalue weighted by Crippen LogP contribution is 2.28. The maximum Gasteiger partial charge on any atom is 0.303 e. The summed E-state index contributed by atoms with van der Waals surface area (Å²) in [7, 11) is -3.65. The molecule has 0 unspecified atom stereocenters. The molecule has 5 nitrogen and oxygen atoms in total. The van der Waals surface area contributed by atoms with Crippen LogP contribution in [0, 0.1) is 0 Å². The van der Waals surface area contributed by atoms with Gasteiger partial charge in [0.25, 0.3) is 10.0 Å². The highest BCUT2D eigenvalue weighted by Gasteiger charge is 2.22. The first kappa shape index (κ1) is 14.8. The quantitative estimate of drug-likeness (QED) is 0.778. The number of aliphatic carboxylic acids is 1. The monoisotopic (exact) mass is 335 g/mol. The minimum absolute atomic E-state index is 0.0347. The second-order valence-electron chi connectivity index (χ2n) is 4.80. The average molecular weight is 335 g/mol. The maximum absolute atomic E-state index is 12.7. The largest absolute Gasteiger partial charge is 0.481 e. The van der Waals surface area contributed by atoms with Gasteiger partial charge in [-0.15, -0.1) is 11.3 Å². The molecular formula is C15H13NO4S2. The van der Waals surface area contributed by atoms with Crippen molar-refractivity contribution in [3.8, 4) is 0 Å². The molecule has 1 N–H and O–H groups in total. The second-order valence-corrected chi connectivity index (χ2v) is 7.79. The second kappa shape index (κ2) is 5.58. The number of para-hydroxylation sites is 1. The summed E-state index contributed by atoms with van der Waals surface area (Å²) in [6, 6.07) is 10.4. The number of rotatable bonds is 5. The molecule has 2 aromatic heterocycles. The van der Waals surface area contributed by atoms with Crippen LogP contribution < -0.4 is 0 Å². The molecule has 0 spiro atoms. The Hall–Kier alpha value is -2.12. The zero-order valence-electron chi connectivity index (χ0n) is 11.5. The summed E-state index contributed by atoms with van der Waals surface area (Å²) in [6.07, 6.45) is 1.79. The lowest BCUT2D eigenvalue weighted by molar-refractivity contribution is -0.136. The van der Waals surface area contributed by atoms with E-state index in [0.717, 1.165) is 22.3 Å². The lowest BCUT2D eigenvalue weighted by atomic mass is 10.1. The number of carboxylic acid groups (broad SMARTS) is 1. The van der Waals surface area contributed by atoms with Crippen molar-refractivity contribution in [2.24, 2.45) is 0 Å². The molecule has 2 heterocycles. The number of aromatic nitrogens is 1. The fourth-order valence-corrected chi connectivity index (χ4v) is 4.84. The summed E-state index contributed by atoms with van der Waals surface area (Å²) in [5.41, 5.74) is 1.29. The van der Waals surface area contributed by atoms with E-state index in [1.165, 1.54) is 10.2 Å². The van der Waals surface area contributed by atoms with Crippen molar-refractivity contribution in [1.29, 1.82) is 0 Å². The van der Waals surface area contributed by atoms with Gasteiger partial charge in [-0.05, 0) is 29.5 Å². The minimum atomic E-state index is -3.65. The van der Waals surface area contributed by atoms with Crippen LogP contribution in [0.2, 0.25) is 0 Å². The number of carboxylic acids is 1. The van der Waals surface area contributed by atoms with Crippen LogP contribution in [0.4, 0.5) is 0 Å². The van der Waals surface area contributed by atoms with Crippen LogP contribution >= 0.6 is 11.3 Å². The van der Waals surface area contributed by atoms with Crippen LogP contribution in [0.5, 0.6) is 0 Å². The Morgan fingerprint density at radius 3 is 2.64 bits per heavy atom. The van der Waals surface area contributed by atoms with Gasteiger partial charge in [0, 0.05) is 18.0 Å². The van der Waals surface area contributed by atoms with Crippen LogP contribution in [0.15, 0.2) is 52.2 Å². The highest BCUT2D eigenvalue weighted by molar-refractivity contribution is 7.92. The van der Waals surface area contributed by atoms with E-state index in [0.29, 0.717) is 11.9 Å². The van der Waals surface area contributed by atoms with Gasteiger partial charge in [-0.1, -0.05) is 24.3 Å². The molecule has 1 aromatic carbocycles. The van der Waals surface area contributed by atoms with Crippen molar-refractivity contribution in [3.05, 3.63) is 53.5 Å². The third-order valence-corrected chi connectivity index (χ3v) is 6.42. The highest BCUT2D eigenvalue weighted by atomic mass is 32.2. The zero-order valence-corrected chi connectivity index (χ0v) is 13.1. The Bertz CT molecular complexity index is 924. The van der Waals surface area contributed by atoms with Gasteiger partial charge < -0.3 is 5.11 Å². The van der Waals surface area contributed by atoms with Crippen molar-refractivity contribution in [1.82, 2.24) is 3.97 Å². The van der Waals surface area contributed by atoms with Gasteiger partial charge in [0.2, 0.25) is 0 Å². The smallest absolute Gasteiger partial charge is 0.303 e. The first-order chi connectivity index (χ1) is 10.5. The van der Waals surface area contributed by atoms with E-state index >= 15 is 0 Å². The summed E-state index contributed by atoms with van der Waals surface area (Å²) in [6.45, 7) is 0. The summed E-state index contributed by atoms with van der Waals surface area (Å²) in [5, 5.41) is 11.3. The van der Waals surface area contributed by atoms with Gasteiger partial charge in [0.05, 0.1) is 5.52 Å². The van der Waals surface area contributed by atoms with Crippen molar-refractivity contribution in [2.75, 3.05) is 0 Å². The molecule has 0 saturated heterocycles. The van der Waals surface area contributed by atoms with Crippen molar-refractivity contribution in [2.45, 2.75) is 17.1 Å². The van der Waals surface area contributed by atoms with E-state index < -0.39 is 16.0 Å². The summed E-state index contributed by atoms with van der Waals surface area (Å²) in [5.74, 6) is -0.905. The normalized spacial score (nSPS) is 11.8. The van der Waals surface area contributed by atoms with Gasteiger partial charge in [-0.3, -0.25) is 4.79 Å². The fraction of sp³-hybridized carbons (Fsp3) is 0.133. The molecule has 7 heteroatoms. The van der Waals surface area contributed by atoms with Crippen LogP contribution in [0.3, 0.4) is 0 Å². The lowest BCUT2D eigenvalue weighted by Crippen LogP contribution is -2.10. The number of benzene rings is 1. The Balaban J connectivity index is 2.17. The van der Waals surface area contributed by atoms with Gasteiger partial charge in [0.1, 0.15) is 4.21 Å². The molecule has 0 bridgehead atoms. The topological polar surface area (TPSA) is 76.4 Å². The number of fused-ring (bicyclic) bond motifs is 1. The summed E-state index contributed by atoms with van der Waals surface area (Å²) in [4.78, 5) is 10.8. The molecule has 114 valence electrons. The lowest BCUT2D eigenvalue weighted by Gasteiger charge is -2.04. The molecule has 0 atom stereocenters. The van der Waals surface area contributed by atoms with E-state index in [1.807, 2.05) is 12.1 Å². The van der Waals surface area contributed by atoms with E-state index in [2.05, 4.69) is 0 Å². The van der Waals surface area contributed by atoms with Gasteiger partial charge in [-0.25, -0.2) is 3.97 Å². The standard InChI is InChI=1S/C15H13NO4S2/c17-14(18)8-7-11-10-16(13-5-2-1-4-12(11)13)22(19,20)15-6-3-9-21-15/h1-6,9-10H,7-8H2,(H,17,18). The fourth-order valence-electron chi connectivity index (χ4n) is 2.36. The van der Waals surface area contributed by atoms with E-state index in [-0.39, 0.29) is 10.6 Å². The molecule has 0 fully saturated rings. The number of thiophene rings is 1. The third kappa shape index (κ3) is 2.53. The predicted molar refractivity (Wildman–Crippen MR) is 84.8 cm³/mol. The van der Waals surface area contributed by atoms with Crippen LogP contribution in [-0.2, 0) is 21.2 Å². The summed E-state index contributed by atoms with van der Waals surface area (Å²) < 4.78 is 26.9. The first-order valence-electron chi connectivity index (χ1n) is 6.60. The first-order valence-corrected chi connectivity index (χ1v) is 8.92. The molecule has 0 aliphatic heterocycles. The average Bonchev–Trinajstić information content (AvgIpc) is 3.13. The van der Waals surface area contributed by atoms with Crippen molar-refractivity contribution in [3.63, 3.8) is 0 Å². The molecule has 0 saturated carbocycles. The minimum Gasteiger partial charge on any atom is -0.481 e. The van der Waals surface area contributed by atoms with E-state index in [4.69, 9.17) is 5.11 Å². The molecule has 22 heavy (non-hydrogen) atoms. The molecule has 3 rings (SSSR count). The Morgan fingerprint density at radius 2 is 1.95 bits per heavy atom. The van der Waals surface area contributed by atoms with E-state index in [9.17, 15) is 13.2 Å². The van der Waals surface area contributed by atoms with Gasteiger partial charge in [-0.2, -0.15) is 8.42 Å². The number of hydrogen-bond donors (Lipinski definition) is 1. The molecule has 0 aliphatic rings. The zero-order chi connectivity index (χ0) is 15.7. The van der Waals surface area contributed by atoms with E-state index in [1.54, 1.807) is 29.6 Å². The van der Waals surface area contributed by atoms with Crippen LogP contribution in [0.1, 0.15) is 12.0 Å². The number of nitrogens with zero attached hydrogens (tertiary/aromatic N) is 1. The number of hydrogen-bond acceptors (Lipinski definition) is 4.